The number of imidazole rings is 1. The third-order valence-electron chi connectivity index (χ3n) is 4.39. The summed E-state index contributed by atoms with van der Waals surface area (Å²) in [7, 11) is 0. The zero-order chi connectivity index (χ0) is 16.2. The van der Waals surface area contributed by atoms with Gasteiger partial charge in [0.05, 0.1) is 0 Å². The van der Waals surface area contributed by atoms with Gasteiger partial charge in [0.25, 0.3) is 0 Å². The number of hydrogen-bond donors (Lipinski definition) is 0. The van der Waals surface area contributed by atoms with Crippen molar-refractivity contribution in [1.82, 2.24) is 9.55 Å². The summed E-state index contributed by atoms with van der Waals surface area (Å²) in [6, 6.07) is 31.6. The van der Waals surface area contributed by atoms with Gasteiger partial charge in [-0.15, -0.1) is 0 Å². The zero-order valence-electron chi connectivity index (χ0n) is 13.2. The van der Waals surface area contributed by atoms with E-state index in [-0.39, 0.29) is 0 Å². The Morgan fingerprint density at radius 3 is 1.38 bits per heavy atom. The highest BCUT2D eigenvalue weighted by atomic mass is 15.1. The van der Waals surface area contributed by atoms with Crippen LogP contribution in [0.3, 0.4) is 0 Å². The standard InChI is InChI=1S/C22H17N2/c1-4-10-19(11-5-1)22(24-17-16-23-18-24,20-12-6-2-7-13-20)21-14-8-3-9-15-21/h1-17H. The first-order valence-corrected chi connectivity index (χ1v) is 8.00. The molecule has 24 heavy (non-hydrogen) atoms. The molecule has 0 N–H and O–H groups in total. The van der Waals surface area contributed by atoms with E-state index in [1.54, 1.807) is 6.20 Å². The van der Waals surface area contributed by atoms with Gasteiger partial charge in [0.2, 0.25) is 0 Å². The van der Waals surface area contributed by atoms with Gasteiger partial charge >= 0.3 is 0 Å². The fourth-order valence-corrected chi connectivity index (χ4v) is 3.37. The molecule has 0 amide bonds. The van der Waals surface area contributed by atoms with Crippen LogP contribution in [0.15, 0.2) is 103 Å². The Hall–Kier alpha value is -3.13. The summed E-state index contributed by atoms with van der Waals surface area (Å²) in [5.74, 6) is 0. The van der Waals surface area contributed by atoms with E-state index in [2.05, 4.69) is 88.7 Å². The predicted octanol–water partition coefficient (Wildman–Crippen LogP) is 4.52. The van der Waals surface area contributed by atoms with Gasteiger partial charge in [-0.3, -0.25) is 0 Å². The van der Waals surface area contributed by atoms with E-state index in [0.717, 1.165) is 0 Å². The number of nitrogens with zero attached hydrogens (tertiary/aromatic N) is 2. The van der Waals surface area contributed by atoms with E-state index in [0.29, 0.717) is 0 Å². The Balaban J connectivity index is 2.12. The van der Waals surface area contributed by atoms with Crippen molar-refractivity contribution in [3.8, 4) is 0 Å². The summed E-state index contributed by atoms with van der Waals surface area (Å²) in [4.78, 5) is 4.20. The van der Waals surface area contributed by atoms with Crippen LogP contribution < -0.4 is 0 Å². The number of hydrogen-bond acceptors (Lipinski definition) is 1. The maximum Gasteiger partial charge on any atom is 0.177 e. The van der Waals surface area contributed by atoms with E-state index in [1.807, 2.05) is 24.4 Å². The summed E-state index contributed by atoms with van der Waals surface area (Å²) < 4.78 is 2.06. The van der Waals surface area contributed by atoms with Crippen LogP contribution in [-0.2, 0) is 5.54 Å². The lowest BCUT2D eigenvalue weighted by Gasteiger charge is -2.37. The lowest BCUT2D eigenvalue weighted by molar-refractivity contribution is 0.511. The fourth-order valence-electron chi connectivity index (χ4n) is 3.37. The molecule has 0 aliphatic carbocycles. The summed E-state index contributed by atoms with van der Waals surface area (Å²) in [5.41, 5.74) is 3.03. The third-order valence-corrected chi connectivity index (χ3v) is 4.39. The molecule has 4 aromatic rings. The van der Waals surface area contributed by atoms with Gasteiger partial charge in [-0.1, -0.05) is 91.0 Å². The molecule has 0 saturated heterocycles. The highest BCUT2D eigenvalue weighted by Gasteiger charge is 2.37. The second kappa shape index (κ2) is 6.17. The molecule has 3 aromatic carbocycles. The molecule has 1 radical (unpaired) electrons. The van der Waals surface area contributed by atoms with Crippen molar-refractivity contribution < 1.29 is 0 Å². The molecule has 1 aromatic heterocycles. The van der Waals surface area contributed by atoms with Gasteiger partial charge in [-0.2, -0.15) is 0 Å². The van der Waals surface area contributed by atoms with Crippen molar-refractivity contribution in [3.63, 3.8) is 0 Å². The Labute approximate surface area is 142 Å². The molecule has 0 aliphatic heterocycles. The lowest BCUT2D eigenvalue weighted by Crippen LogP contribution is -2.37. The maximum absolute atomic E-state index is 4.20. The predicted molar refractivity (Wildman–Crippen MR) is 95.7 cm³/mol. The highest BCUT2D eigenvalue weighted by molar-refractivity contribution is 5.50. The molecule has 0 bridgehead atoms. The van der Waals surface area contributed by atoms with Crippen LogP contribution in [0.4, 0.5) is 0 Å². The largest absolute Gasteiger partial charge is 0.310 e. The van der Waals surface area contributed by atoms with Crippen LogP contribution in [0, 0.1) is 6.33 Å². The average molecular weight is 309 g/mol. The highest BCUT2D eigenvalue weighted by Crippen LogP contribution is 2.40. The first-order chi connectivity index (χ1) is 11.9. The molecule has 0 fully saturated rings. The van der Waals surface area contributed by atoms with E-state index >= 15 is 0 Å². The van der Waals surface area contributed by atoms with E-state index < -0.39 is 5.54 Å². The van der Waals surface area contributed by atoms with E-state index in [4.69, 9.17) is 0 Å². The van der Waals surface area contributed by atoms with Crippen LogP contribution in [0.1, 0.15) is 16.7 Å². The van der Waals surface area contributed by atoms with Gasteiger partial charge in [0.15, 0.2) is 6.33 Å². The summed E-state index contributed by atoms with van der Waals surface area (Å²) in [5, 5.41) is 0. The normalized spacial score (nSPS) is 11.3. The molecule has 0 spiro atoms. The summed E-state index contributed by atoms with van der Waals surface area (Å²) in [6.45, 7) is 0. The van der Waals surface area contributed by atoms with Crippen molar-refractivity contribution in [2.24, 2.45) is 0 Å². The molecule has 1 heterocycles. The molecule has 115 valence electrons. The first kappa shape index (κ1) is 14.5. The number of rotatable bonds is 4. The maximum atomic E-state index is 4.20. The van der Waals surface area contributed by atoms with E-state index in [1.165, 1.54) is 16.7 Å². The fraction of sp³-hybridized carbons (Fsp3) is 0.0455. The smallest absolute Gasteiger partial charge is 0.177 e. The Kier molecular flexibility index (Phi) is 3.72. The molecule has 0 atom stereocenters. The minimum absolute atomic E-state index is 0.500. The Bertz CT molecular complexity index is 786. The lowest BCUT2D eigenvalue weighted by atomic mass is 9.77. The Morgan fingerprint density at radius 2 is 1.04 bits per heavy atom. The molecule has 0 saturated carbocycles. The van der Waals surface area contributed by atoms with Crippen LogP contribution in [0.5, 0.6) is 0 Å². The van der Waals surface area contributed by atoms with Crippen molar-refractivity contribution in [1.29, 1.82) is 0 Å². The summed E-state index contributed by atoms with van der Waals surface area (Å²) in [6.07, 6.45) is 6.90. The van der Waals surface area contributed by atoms with Crippen molar-refractivity contribution in [2.75, 3.05) is 0 Å². The zero-order valence-corrected chi connectivity index (χ0v) is 13.2. The molecular formula is C22H17N2. The monoisotopic (exact) mass is 309 g/mol. The minimum atomic E-state index is -0.500. The van der Waals surface area contributed by atoms with Crippen LogP contribution in [0.25, 0.3) is 0 Å². The average Bonchev–Trinajstić information content (AvgIpc) is 3.20. The van der Waals surface area contributed by atoms with Crippen LogP contribution in [0.2, 0.25) is 0 Å². The molecule has 2 heteroatoms. The van der Waals surface area contributed by atoms with Gasteiger partial charge < -0.3 is 4.57 Å². The summed E-state index contributed by atoms with van der Waals surface area (Å²) >= 11 is 0. The molecule has 4 rings (SSSR count). The second-order valence-electron chi connectivity index (χ2n) is 5.71. The molecule has 0 unspecified atom stereocenters. The van der Waals surface area contributed by atoms with E-state index in [9.17, 15) is 0 Å². The molecule has 0 aliphatic rings. The SMILES string of the molecule is [c]1nccn1C(c1ccccc1)(c1ccccc1)c1ccccc1. The van der Waals surface area contributed by atoms with Crippen molar-refractivity contribution in [3.05, 3.63) is 126 Å². The van der Waals surface area contributed by atoms with Gasteiger partial charge in [-0.05, 0) is 16.7 Å². The van der Waals surface area contributed by atoms with Crippen LogP contribution >= 0.6 is 0 Å². The number of benzene rings is 3. The second-order valence-corrected chi connectivity index (χ2v) is 5.71. The molecule has 2 nitrogen and oxygen atoms in total. The number of aromatic nitrogens is 2. The van der Waals surface area contributed by atoms with Gasteiger partial charge in [0, 0.05) is 12.4 Å². The van der Waals surface area contributed by atoms with Gasteiger partial charge in [0.1, 0.15) is 5.54 Å². The van der Waals surface area contributed by atoms with Gasteiger partial charge in [-0.25, -0.2) is 4.98 Å². The third kappa shape index (κ3) is 2.24. The van der Waals surface area contributed by atoms with Crippen molar-refractivity contribution in [2.45, 2.75) is 5.54 Å². The topological polar surface area (TPSA) is 17.8 Å². The minimum Gasteiger partial charge on any atom is -0.310 e. The quantitative estimate of drug-likeness (QED) is 0.507. The molecular weight excluding hydrogens is 292 g/mol. The Morgan fingerprint density at radius 1 is 0.625 bits per heavy atom. The first-order valence-electron chi connectivity index (χ1n) is 8.00. The van der Waals surface area contributed by atoms with Crippen LogP contribution in [-0.4, -0.2) is 9.55 Å². The van der Waals surface area contributed by atoms with Crippen molar-refractivity contribution >= 4 is 0 Å².